The van der Waals surface area contributed by atoms with Crippen LogP contribution >= 0.6 is 0 Å². The van der Waals surface area contributed by atoms with E-state index in [1.54, 1.807) is 0 Å². The van der Waals surface area contributed by atoms with Gasteiger partial charge in [-0.05, 0) is 37.8 Å². The Morgan fingerprint density at radius 2 is 1.88 bits per heavy atom. The van der Waals surface area contributed by atoms with E-state index in [-0.39, 0.29) is 0 Å². The second-order valence-electron chi connectivity index (χ2n) is 4.88. The Morgan fingerprint density at radius 3 is 2.71 bits per heavy atom. The van der Waals surface area contributed by atoms with Gasteiger partial charge in [0.05, 0.1) is 0 Å². The molecule has 1 aromatic carbocycles. The molecule has 0 aliphatic carbocycles. The van der Waals surface area contributed by atoms with Crippen LogP contribution in [-0.4, -0.2) is 18.1 Å². The molecule has 1 aromatic heterocycles. The highest BCUT2D eigenvalue weighted by Gasteiger charge is 2.14. The smallest absolute Gasteiger partial charge is 0.0449 e. The first-order valence-electron chi connectivity index (χ1n) is 6.44. The molecule has 88 valence electrons. The molecular formula is C15H18N2. The van der Waals surface area contributed by atoms with Gasteiger partial charge in [0.2, 0.25) is 0 Å². The number of benzene rings is 1. The monoisotopic (exact) mass is 226 g/mol. The van der Waals surface area contributed by atoms with Crippen LogP contribution in [0.25, 0.3) is 10.8 Å². The van der Waals surface area contributed by atoms with Gasteiger partial charge < -0.3 is 4.90 Å². The highest BCUT2D eigenvalue weighted by atomic mass is 15.1. The summed E-state index contributed by atoms with van der Waals surface area (Å²) in [7, 11) is 0. The predicted octanol–water partition coefficient (Wildman–Crippen LogP) is 3.53. The zero-order chi connectivity index (χ0) is 11.7. The molecular weight excluding hydrogens is 208 g/mol. The summed E-state index contributed by atoms with van der Waals surface area (Å²) in [6, 6.07) is 6.55. The van der Waals surface area contributed by atoms with Crippen LogP contribution in [0.3, 0.4) is 0 Å². The first-order chi connectivity index (χ1) is 8.36. The Bertz CT molecular complexity index is 522. The van der Waals surface area contributed by atoms with Crippen molar-refractivity contribution >= 4 is 16.5 Å². The minimum absolute atomic E-state index is 1.20. The molecule has 1 aliphatic rings. The van der Waals surface area contributed by atoms with Gasteiger partial charge >= 0.3 is 0 Å². The number of hydrogen-bond acceptors (Lipinski definition) is 2. The molecule has 0 unspecified atom stereocenters. The van der Waals surface area contributed by atoms with E-state index < -0.39 is 0 Å². The van der Waals surface area contributed by atoms with Crippen LogP contribution < -0.4 is 4.90 Å². The second kappa shape index (κ2) is 4.36. The summed E-state index contributed by atoms with van der Waals surface area (Å²) in [6.45, 7) is 4.55. The summed E-state index contributed by atoms with van der Waals surface area (Å²) in [4.78, 5) is 6.81. The van der Waals surface area contributed by atoms with E-state index in [2.05, 4.69) is 35.0 Å². The van der Waals surface area contributed by atoms with Gasteiger partial charge in [0.25, 0.3) is 0 Å². The Kier molecular flexibility index (Phi) is 2.71. The van der Waals surface area contributed by atoms with Crippen LogP contribution in [0.5, 0.6) is 0 Å². The third-order valence-corrected chi connectivity index (χ3v) is 3.65. The SMILES string of the molecule is Cc1cncc2cccc(N3CCCCC3)c12. The van der Waals surface area contributed by atoms with Crippen molar-refractivity contribution in [1.29, 1.82) is 0 Å². The van der Waals surface area contributed by atoms with Crippen LogP contribution in [-0.2, 0) is 0 Å². The summed E-state index contributed by atoms with van der Waals surface area (Å²) < 4.78 is 0. The standard InChI is InChI=1S/C15H18N2/c1-12-10-16-11-13-6-5-7-14(15(12)13)17-8-3-2-4-9-17/h5-7,10-11H,2-4,8-9H2,1H3. The fourth-order valence-corrected chi connectivity index (χ4v) is 2.79. The van der Waals surface area contributed by atoms with Crippen LogP contribution in [0.15, 0.2) is 30.6 Å². The van der Waals surface area contributed by atoms with Crippen molar-refractivity contribution in [3.05, 3.63) is 36.2 Å². The Morgan fingerprint density at radius 1 is 1.06 bits per heavy atom. The second-order valence-corrected chi connectivity index (χ2v) is 4.88. The van der Waals surface area contributed by atoms with Crippen molar-refractivity contribution in [2.75, 3.05) is 18.0 Å². The normalized spacial score (nSPS) is 16.4. The predicted molar refractivity (Wildman–Crippen MR) is 72.5 cm³/mol. The third kappa shape index (κ3) is 1.88. The number of aryl methyl sites for hydroxylation is 1. The number of nitrogens with zero attached hydrogens (tertiary/aromatic N) is 2. The fourth-order valence-electron chi connectivity index (χ4n) is 2.79. The lowest BCUT2D eigenvalue weighted by Crippen LogP contribution is -2.29. The maximum atomic E-state index is 4.28. The molecule has 0 spiro atoms. The molecule has 17 heavy (non-hydrogen) atoms. The first-order valence-corrected chi connectivity index (χ1v) is 6.44. The number of fused-ring (bicyclic) bond motifs is 1. The van der Waals surface area contributed by atoms with E-state index >= 15 is 0 Å². The molecule has 2 heterocycles. The zero-order valence-electron chi connectivity index (χ0n) is 10.3. The number of pyridine rings is 1. The highest BCUT2D eigenvalue weighted by molar-refractivity contribution is 5.96. The number of aromatic nitrogens is 1. The van der Waals surface area contributed by atoms with Gasteiger partial charge in [-0.2, -0.15) is 0 Å². The van der Waals surface area contributed by atoms with E-state index in [0.29, 0.717) is 0 Å². The van der Waals surface area contributed by atoms with E-state index in [9.17, 15) is 0 Å². The lowest BCUT2D eigenvalue weighted by Gasteiger charge is -2.30. The molecule has 0 saturated carbocycles. The van der Waals surface area contributed by atoms with Crippen molar-refractivity contribution in [3.8, 4) is 0 Å². The topological polar surface area (TPSA) is 16.1 Å². The first kappa shape index (κ1) is 10.6. The van der Waals surface area contributed by atoms with Crippen LogP contribution in [0.2, 0.25) is 0 Å². The zero-order valence-corrected chi connectivity index (χ0v) is 10.3. The van der Waals surface area contributed by atoms with Gasteiger partial charge in [0.1, 0.15) is 0 Å². The highest BCUT2D eigenvalue weighted by Crippen LogP contribution is 2.30. The van der Waals surface area contributed by atoms with Crippen LogP contribution in [0, 0.1) is 6.92 Å². The number of anilines is 1. The lowest BCUT2D eigenvalue weighted by atomic mass is 10.0. The summed E-state index contributed by atoms with van der Waals surface area (Å²) in [5, 5.41) is 2.64. The minimum Gasteiger partial charge on any atom is -0.371 e. The largest absolute Gasteiger partial charge is 0.371 e. The minimum atomic E-state index is 1.20. The molecule has 0 atom stereocenters. The van der Waals surface area contributed by atoms with Crippen molar-refractivity contribution in [3.63, 3.8) is 0 Å². The van der Waals surface area contributed by atoms with Gasteiger partial charge in [0, 0.05) is 41.9 Å². The Hall–Kier alpha value is -1.57. The fraction of sp³-hybridized carbons (Fsp3) is 0.400. The van der Waals surface area contributed by atoms with Crippen LogP contribution in [0.4, 0.5) is 5.69 Å². The third-order valence-electron chi connectivity index (χ3n) is 3.65. The maximum Gasteiger partial charge on any atom is 0.0449 e. The van der Waals surface area contributed by atoms with Crippen molar-refractivity contribution in [1.82, 2.24) is 4.98 Å². The molecule has 1 fully saturated rings. The van der Waals surface area contributed by atoms with E-state index in [4.69, 9.17) is 0 Å². The number of rotatable bonds is 1. The maximum absolute atomic E-state index is 4.28. The van der Waals surface area contributed by atoms with Gasteiger partial charge in [0.15, 0.2) is 0 Å². The number of piperidine rings is 1. The van der Waals surface area contributed by atoms with Gasteiger partial charge in [-0.1, -0.05) is 12.1 Å². The molecule has 0 N–H and O–H groups in total. The lowest BCUT2D eigenvalue weighted by molar-refractivity contribution is 0.579. The molecule has 2 nitrogen and oxygen atoms in total. The molecule has 0 amide bonds. The van der Waals surface area contributed by atoms with E-state index in [1.807, 2.05) is 12.4 Å². The van der Waals surface area contributed by atoms with Crippen molar-refractivity contribution in [2.24, 2.45) is 0 Å². The van der Waals surface area contributed by atoms with Gasteiger partial charge in [-0.25, -0.2) is 0 Å². The molecule has 3 rings (SSSR count). The summed E-state index contributed by atoms with van der Waals surface area (Å²) >= 11 is 0. The Balaban J connectivity index is 2.14. The van der Waals surface area contributed by atoms with Crippen molar-refractivity contribution in [2.45, 2.75) is 26.2 Å². The molecule has 1 aliphatic heterocycles. The van der Waals surface area contributed by atoms with Crippen molar-refractivity contribution < 1.29 is 0 Å². The molecule has 0 bridgehead atoms. The number of hydrogen-bond donors (Lipinski definition) is 0. The molecule has 1 saturated heterocycles. The molecule has 2 heteroatoms. The van der Waals surface area contributed by atoms with Crippen LogP contribution in [0.1, 0.15) is 24.8 Å². The summed E-state index contributed by atoms with van der Waals surface area (Å²) in [5.74, 6) is 0. The summed E-state index contributed by atoms with van der Waals surface area (Å²) in [6.07, 6.45) is 7.95. The van der Waals surface area contributed by atoms with Gasteiger partial charge in [-0.15, -0.1) is 0 Å². The summed E-state index contributed by atoms with van der Waals surface area (Å²) in [5.41, 5.74) is 2.67. The van der Waals surface area contributed by atoms with E-state index in [1.165, 1.54) is 54.4 Å². The molecule has 2 aromatic rings. The molecule has 0 radical (unpaired) electrons. The quantitative estimate of drug-likeness (QED) is 0.739. The Labute approximate surface area is 102 Å². The average molecular weight is 226 g/mol. The average Bonchev–Trinajstić information content (AvgIpc) is 2.39. The van der Waals surface area contributed by atoms with E-state index in [0.717, 1.165) is 0 Å². The van der Waals surface area contributed by atoms with Gasteiger partial charge in [-0.3, -0.25) is 4.98 Å².